The maximum Gasteiger partial charge on any atom is 0.0135 e. The van der Waals surface area contributed by atoms with E-state index in [1.807, 2.05) is 0 Å². The second-order valence-corrected chi connectivity index (χ2v) is 6.59. The molecule has 112 valence electrons. The molecule has 2 unspecified atom stereocenters. The van der Waals surface area contributed by atoms with Gasteiger partial charge in [0.25, 0.3) is 0 Å². The van der Waals surface area contributed by atoms with Crippen LogP contribution in [0, 0.1) is 5.92 Å². The van der Waals surface area contributed by atoms with Gasteiger partial charge >= 0.3 is 0 Å². The molecule has 2 rings (SSSR count). The molecule has 2 aliphatic rings. The molecule has 0 spiro atoms. The van der Waals surface area contributed by atoms with Crippen molar-refractivity contribution in [3.8, 4) is 0 Å². The van der Waals surface area contributed by atoms with Gasteiger partial charge in [-0.1, -0.05) is 19.8 Å². The average Bonchev–Trinajstić information content (AvgIpc) is 2.47. The highest BCUT2D eigenvalue weighted by Gasteiger charge is 2.32. The molecule has 2 fully saturated rings. The number of rotatable bonds is 5. The van der Waals surface area contributed by atoms with E-state index in [9.17, 15) is 0 Å². The van der Waals surface area contributed by atoms with Crippen molar-refractivity contribution in [3.05, 3.63) is 0 Å². The quantitative estimate of drug-likeness (QED) is 0.829. The topological polar surface area (TPSA) is 32.5 Å². The average molecular weight is 267 g/mol. The molecule has 19 heavy (non-hydrogen) atoms. The maximum absolute atomic E-state index is 5.99. The van der Waals surface area contributed by atoms with Crippen LogP contribution in [0.3, 0.4) is 0 Å². The second-order valence-electron chi connectivity index (χ2n) is 6.59. The van der Waals surface area contributed by atoms with E-state index >= 15 is 0 Å². The van der Waals surface area contributed by atoms with Crippen molar-refractivity contribution in [3.63, 3.8) is 0 Å². The highest BCUT2D eigenvalue weighted by atomic mass is 15.2. The van der Waals surface area contributed by atoms with Gasteiger partial charge < -0.3 is 15.5 Å². The molecular weight excluding hydrogens is 234 g/mol. The van der Waals surface area contributed by atoms with Crippen LogP contribution in [-0.4, -0.2) is 55.1 Å². The van der Waals surface area contributed by atoms with Crippen LogP contribution < -0.4 is 5.73 Å². The molecule has 0 bridgehead atoms. The van der Waals surface area contributed by atoms with Crippen molar-refractivity contribution in [2.24, 2.45) is 11.7 Å². The largest absolute Gasteiger partial charge is 0.330 e. The highest BCUT2D eigenvalue weighted by molar-refractivity contribution is 4.88. The molecule has 1 aliphatic carbocycles. The highest BCUT2D eigenvalue weighted by Crippen LogP contribution is 2.30. The molecule has 2 N–H and O–H groups in total. The first-order valence-electron chi connectivity index (χ1n) is 8.40. The van der Waals surface area contributed by atoms with Gasteiger partial charge in [0.05, 0.1) is 0 Å². The van der Waals surface area contributed by atoms with E-state index in [0.717, 1.165) is 24.5 Å². The van der Waals surface area contributed by atoms with E-state index in [1.54, 1.807) is 0 Å². The van der Waals surface area contributed by atoms with Crippen LogP contribution in [0.1, 0.15) is 51.9 Å². The van der Waals surface area contributed by atoms with E-state index in [4.69, 9.17) is 5.73 Å². The SMILES string of the molecule is CCCN1CCC(N(C)C2CCCCC2CN)CC1. The van der Waals surface area contributed by atoms with Crippen molar-refractivity contribution in [2.45, 2.75) is 64.0 Å². The summed E-state index contributed by atoms with van der Waals surface area (Å²) in [4.78, 5) is 5.32. The van der Waals surface area contributed by atoms with Crippen molar-refractivity contribution < 1.29 is 0 Å². The van der Waals surface area contributed by atoms with Gasteiger partial charge in [-0.25, -0.2) is 0 Å². The molecule has 0 aromatic rings. The van der Waals surface area contributed by atoms with E-state index < -0.39 is 0 Å². The van der Waals surface area contributed by atoms with Crippen molar-refractivity contribution in [2.75, 3.05) is 33.2 Å². The predicted molar refractivity (Wildman–Crippen MR) is 82.3 cm³/mol. The monoisotopic (exact) mass is 267 g/mol. The summed E-state index contributed by atoms with van der Waals surface area (Å²) >= 11 is 0. The summed E-state index contributed by atoms with van der Waals surface area (Å²) in [6, 6.07) is 1.55. The molecular formula is C16H33N3. The minimum atomic E-state index is 0.743. The lowest BCUT2D eigenvalue weighted by atomic mass is 9.82. The number of hydrogen-bond donors (Lipinski definition) is 1. The first kappa shape index (κ1) is 15.3. The Labute approximate surface area is 119 Å². The first-order chi connectivity index (χ1) is 9.26. The lowest BCUT2D eigenvalue weighted by Gasteiger charge is -2.44. The zero-order chi connectivity index (χ0) is 13.7. The van der Waals surface area contributed by atoms with Gasteiger partial charge in [0.15, 0.2) is 0 Å². The van der Waals surface area contributed by atoms with Crippen LogP contribution in [0.5, 0.6) is 0 Å². The van der Waals surface area contributed by atoms with Gasteiger partial charge in [0.1, 0.15) is 0 Å². The van der Waals surface area contributed by atoms with Crippen molar-refractivity contribution in [1.82, 2.24) is 9.80 Å². The van der Waals surface area contributed by atoms with Crippen LogP contribution in [0.4, 0.5) is 0 Å². The van der Waals surface area contributed by atoms with Gasteiger partial charge in [-0.05, 0) is 71.2 Å². The molecule has 1 aliphatic heterocycles. The summed E-state index contributed by atoms with van der Waals surface area (Å²) in [5.41, 5.74) is 5.99. The Balaban J connectivity index is 1.84. The second kappa shape index (κ2) is 7.61. The Morgan fingerprint density at radius 3 is 2.42 bits per heavy atom. The molecule has 1 saturated heterocycles. The van der Waals surface area contributed by atoms with Crippen LogP contribution in [0.15, 0.2) is 0 Å². The number of nitrogens with zero attached hydrogens (tertiary/aromatic N) is 2. The van der Waals surface area contributed by atoms with Gasteiger partial charge in [-0.3, -0.25) is 0 Å². The molecule has 3 heteroatoms. The minimum absolute atomic E-state index is 0.743. The molecule has 1 heterocycles. The number of hydrogen-bond acceptors (Lipinski definition) is 3. The zero-order valence-corrected chi connectivity index (χ0v) is 13.0. The Hall–Kier alpha value is -0.120. The third-order valence-electron chi connectivity index (χ3n) is 5.37. The smallest absolute Gasteiger partial charge is 0.0135 e. The Morgan fingerprint density at radius 1 is 1.11 bits per heavy atom. The number of nitrogens with two attached hydrogens (primary N) is 1. The fraction of sp³-hybridized carbons (Fsp3) is 1.00. The number of piperidine rings is 1. The lowest BCUT2D eigenvalue weighted by Crippen LogP contribution is -2.51. The van der Waals surface area contributed by atoms with E-state index in [1.165, 1.54) is 64.6 Å². The Bertz CT molecular complexity index is 248. The molecule has 3 nitrogen and oxygen atoms in total. The summed E-state index contributed by atoms with van der Waals surface area (Å²) in [6.07, 6.45) is 9.50. The van der Waals surface area contributed by atoms with Gasteiger partial charge in [0.2, 0.25) is 0 Å². The van der Waals surface area contributed by atoms with E-state index in [-0.39, 0.29) is 0 Å². The molecule has 1 saturated carbocycles. The van der Waals surface area contributed by atoms with Gasteiger partial charge in [0, 0.05) is 12.1 Å². The predicted octanol–water partition coefficient (Wildman–Crippen LogP) is 2.31. The number of likely N-dealkylation sites (tertiary alicyclic amines) is 1. The summed E-state index contributed by atoms with van der Waals surface area (Å²) in [7, 11) is 2.36. The first-order valence-corrected chi connectivity index (χ1v) is 8.40. The molecule has 0 amide bonds. The minimum Gasteiger partial charge on any atom is -0.330 e. The van der Waals surface area contributed by atoms with Crippen molar-refractivity contribution >= 4 is 0 Å². The third-order valence-corrected chi connectivity index (χ3v) is 5.37. The van der Waals surface area contributed by atoms with Crippen molar-refractivity contribution in [1.29, 1.82) is 0 Å². The van der Waals surface area contributed by atoms with Crippen LogP contribution in [0.25, 0.3) is 0 Å². The third kappa shape index (κ3) is 3.93. The van der Waals surface area contributed by atoms with Gasteiger partial charge in [-0.2, -0.15) is 0 Å². The maximum atomic E-state index is 5.99. The summed E-state index contributed by atoms with van der Waals surface area (Å²) < 4.78 is 0. The normalized spacial score (nSPS) is 30.9. The van der Waals surface area contributed by atoms with E-state index in [0.29, 0.717) is 0 Å². The summed E-state index contributed by atoms with van der Waals surface area (Å²) in [6.45, 7) is 7.03. The van der Waals surface area contributed by atoms with Crippen LogP contribution >= 0.6 is 0 Å². The van der Waals surface area contributed by atoms with Crippen LogP contribution in [-0.2, 0) is 0 Å². The van der Waals surface area contributed by atoms with Crippen LogP contribution in [0.2, 0.25) is 0 Å². The Morgan fingerprint density at radius 2 is 1.79 bits per heavy atom. The standard InChI is InChI=1S/C16H33N3/c1-3-10-19-11-8-15(9-12-19)18(2)16-7-5-4-6-14(16)13-17/h14-16H,3-13,17H2,1-2H3. The molecule has 0 aromatic carbocycles. The Kier molecular flexibility index (Phi) is 6.11. The molecule has 0 radical (unpaired) electrons. The fourth-order valence-electron chi connectivity index (χ4n) is 4.14. The fourth-order valence-corrected chi connectivity index (χ4v) is 4.14. The van der Waals surface area contributed by atoms with E-state index in [2.05, 4.69) is 23.8 Å². The zero-order valence-electron chi connectivity index (χ0n) is 13.0. The summed E-state index contributed by atoms with van der Waals surface area (Å²) in [5.74, 6) is 0.743. The summed E-state index contributed by atoms with van der Waals surface area (Å²) in [5, 5.41) is 0. The lowest BCUT2D eigenvalue weighted by molar-refractivity contribution is 0.0538. The molecule has 2 atom stereocenters. The molecule has 0 aromatic heterocycles. The van der Waals surface area contributed by atoms with Gasteiger partial charge in [-0.15, -0.1) is 0 Å².